The number of carbonyl (C=O) groups excluding carboxylic acids is 3. The van der Waals surface area contributed by atoms with E-state index in [1.807, 2.05) is 0 Å². The number of aliphatic hydroxyl groups is 4. The molecule has 0 saturated heterocycles. The molecule has 7 N–H and O–H groups in total. The fraction of sp³-hybridized carbons (Fsp3) is 0.375. The third kappa shape index (κ3) is 2.66. The molecule has 4 rings (SSSR count). The number of benzene rings is 1. The van der Waals surface area contributed by atoms with Gasteiger partial charge >= 0.3 is 0 Å². The number of fused-ring (bicyclic) bond motifs is 3. The number of hydrogen-bond acceptors (Lipinski definition) is 9. The lowest BCUT2D eigenvalue weighted by atomic mass is 9.55. The van der Waals surface area contributed by atoms with E-state index in [1.165, 1.54) is 31.1 Å². The van der Waals surface area contributed by atoms with Gasteiger partial charge in [0.2, 0.25) is 5.78 Å². The van der Waals surface area contributed by atoms with Crippen LogP contribution in [0.5, 0.6) is 5.75 Å². The van der Waals surface area contributed by atoms with Crippen molar-refractivity contribution < 1.29 is 39.9 Å². The molecule has 0 fully saturated rings. The summed E-state index contributed by atoms with van der Waals surface area (Å²) in [5, 5.41) is 55.5. The normalized spacial score (nSPS) is 32.8. The second-order valence-electron chi connectivity index (χ2n) is 9.12. The minimum Gasteiger partial charge on any atom is -0.510 e. The zero-order valence-electron chi connectivity index (χ0n) is 18.6. The number of carbonyl (C=O) groups is 3. The van der Waals surface area contributed by atoms with Crippen LogP contribution in [-0.2, 0) is 9.59 Å². The van der Waals surface area contributed by atoms with Crippen molar-refractivity contribution in [2.45, 2.75) is 30.6 Å². The van der Waals surface area contributed by atoms with Crippen LogP contribution in [0.1, 0.15) is 34.3 Å². The smallest absolute Gasteiger partial charge is 0.255 e. The molecule has 0 aromatic heterocycles. The van der Waals surface area contributed by atoms with Crippen molar-refractivity contribution in [1.82, 2.24) is 4.90 Å². The molecule has 0 aliphatic heterocycles. The first-order chi connectivity index (χ1) is 15.8. The number of phenolic OH excluding ortho intramolecular Hbond substituents is 1. The summed E-state index contributed by atoms with van der Waals surface area (Å²) < 4.78 is 0. The van der Waals surface area contributed by atoms with Crippen molar-refractivity contribution in [2.24, 2.45) is 17.6 Å². The summed E-state index contributed by atoms with van der Waals surface area (Å²) in [5.74, 6) is -6.99. The molecular weight excluding hydrogens is 444 g/mol. The van der Waals surface area contributed by atoms with Crippen LogP contribution in [0, 0.1) is 24.2 Å². The number of nitrogens with zero attached hydrogens (tertiary/aromatic N) is 1. The van der Waals surface area contributed by atoms with E-state index in [4.69, 9.17) is 12.2 Å². The number of terminal acetylenes is 1. The van der Waals surface area contributed by atoms with Gasteiger partial charge in [0.05, 0.1) is 23.6 Å². The minimum atomic E-state index is -2.94. The Kier molecular flexibility index (Phi) is 5.14. The van der Waals surface area contributed by atoms with Crippen LogP contribution in [0.25, 0.3) is 0 Å². The van der Waals surface area contributed by atoms with Crippen molar-refractivity contribution in [3.05, 3.63) is 51.5 Å². The number of Topliss-reactive ketones (excluding diaryl/α,β-unsaturated/α-hetero) is 2. The maximum atomic E-state index is 13.5. The number of phenols is 1. The van der Waals surface area contributed by atoms with Crippen LogP contribution in [0.2, 0.25) is 0 Å². The number of aromatic hydroxyl groups is 1. The Morgan fingerprint density at radius 2 is 1.82 bits per heavy atom. The van der Waals surface area contributed by atoms with Crippen molar-refractivity contribution >= 4 is 17.5 Å². The summed E-state index contributed by atoms with van der Waals surface area (Å²) in [5.41, 5.74) is 1.28. The molecule has 178 valence electrons. The maximum Gasteiger partial charge on any atom is 0.255 e. The molecule has 0 spiro atoms. The topological polar surface area (TPSA) is 182 Å². The van der Waals surface area contributed by atoms with Gasteiger partial charge in [0.25, 0.3) is 5.91 Å². The number of ketones is 2. The molecule has 1 aromatic carbocycles. The largest absolute Gasteiger partial charge is 0.510 e. The van der Waals surface area contributed by atoms with Crippen LogP contribution in [-0.4, -0.2) is 79.7 Å². The third-order valence-corrected chi connectivity index (χ3v) is 7.26. The lowest BCUT2D eigenvalue weighted by Crippen LogP contribution is -2.68. The number of primary amides is 1. The molecule has 0 radical (unpaired) electrons. The Bertz CT molecular complexity index is 1270. The van der Waals surface area contributed by atoms with E-state index < -0.39 is 81.4 Å². The van der Waals surface area contributed by atoms with Gasteiger partial charge in [-0.25, -0.2) is 0 Å². The van der Waals surface area contributed by atoms with Gasteiger partial charge < -0.3 is 31.3 Å². The zero-order valence-corrected chi connectivity index (χ0v) is 18.6. The van der Waals surface area contributed by atoms with Crippen molar-refractivity contribution in [2.75, 3.05) is 14.1 Å². The van der Waals surface area contributed by atoms with Gasteiger partial charge in [-0.1, -0.05) is 12.8 Å². The van der Waals surface area contributed by atoms with E-state index in [1.54, 1.807) is 6.92 Å². The number of aliphatic hydroxyl groups excluding tert-OH is 3. The third-order valence-electron chi connectivity index (χ3n) is 7.26. The molecule has 1 amide bonds. The highest BCUT2D eigenvalue weighted by atomic mass is 16.4. The van der Waals surface area contributed by atoms with Gasteiger partial charge in [0.15, 0.2) is 11.4 Å². The summed E-state index contributed by atoms with van der Waals surface area (Å²) in [6.07, 6.45) is 3.93. The van der Waals surface area contributed by atoms with Gasteiger partial charge in [-0.05, 0) is 37.7 Å². The van der Waals surface area contributed by atoms with Crippen molar-refractivity contribution in [3.63, 3.8) is 0 Å². The average molecular weight is 468 g/mol. The second kappa shape index (κ2) is 7.43. The highest BCUT2D eigenvalue weighted by molar-refractivity contribution is 6.25. The first-order valence-electron chi connectivity index (χ1n) is 10.5. The molecule has 6 atom stereocenters. The Morgan fingerprint density at radius 1 is 1.21 bits per heavy atom. The van der Waals surface area contributed by atoms with Crippen LogP contribution in [0.3, 0.4) is 0 Å². The van der Waals surface area contributed by atoms with E-state index in [0.29, 0.717) is 5.56 Å². The van der Waals surface area contributed by atoms with Gasteiger partial charge in [-0.15, -0.1) is 6.42 Å². The molecule has 34 heavy (non-hydrogen) atoms. The number of amides is 1. The number of nitrogens with two attached hydrogens (primary N) is 1. The Labute approximate surface area is 194 Å². The highest BCUT2D eigenvalue weighted by Gasteiger charge is 2.67. The zero-order chi connectivity index (χ0) is 25.4. The Hall–Kier alpha value is -3.65. The van der Waals surface area contributed by atoms with E-state index in [9.17, 15) is 39.9 Å². The fourth-order valence-corrected chi connectivity index (χ4v) is 5.83. The highest BCUT2D eigenvalue weighted by Crippen LogP contribution is 2.55. The molecule has 0 unspecified atom stereocenters. The molecule has 3 aliphatic rings. The molecular formula is C24H24N2O8. The lowest BCUT2D eigenvalue weighted by molar-refractivity contribution is -0.162. The number of hydrogen-bond donors (Lipinski definition) is 6. The second-order valence-corrected chi connectivity index (χ2v) is 9.12. The minimum absolute atomic E-state index is 0.212. The van der Waals surface area contributed by atoms with Crippen LogP contribution in [0.4, 0.5) is 0 Å². The Balaban J connectivity index is 2.09. The van der Waals surface area contributed by atoms with Gasteiger partial charge in [0, 0.05) is 17.1 Å². The molecule has 1 aromatic rings. The first kappa shape index (κ1) is 23.5. The SMILES string of the molecule is C#Cc1ccc(O)c2c1[C@H](C)[C@@H]1C(=C(O)[C@]3(O)C(=O)C(C(N)=O)=C(O)[C@H](N(C)C)[C@@H]3[C@@H]1O)C2=O. The molecule has 0 saturated carbocycles. The Morgan fingerprint density at radius 3 is 2.35 bits per heavy atom. The average Bonchev–Trinajstić information content (AvgIpc) is 2.75. The van der Waals surface area contributed by atoms with E-state index in [0.717, 1.165) is 0 Å². The van der Waals surface area contributed by atoms with Gasteiger partial charge in [0.1, 0.15) is 22.8 Å². The number of rotatable bonds is 2. The lowest BCUT2D eigenvalue weighted by Gasteiger charge is -2.53. The van der Waals surface area contributed by atoms with E-state index in [2.05, 4.69) is 5.92 Å². The van der Waals surface area contributed by atoms with Gasteiger partial charge in [-0.3, -0.25) is 19.3 Å². The van der Waals surface area contributed by atoms with Gasteiger partial charge in [-0.2, -0.15) is 0 Å². The molecule has 0 bridgehead atoms. The van der Waals surface area contributed by atoms with E-state index in [-0.39, 0.29) is 11.1 Å². The predicted molar refractivity (Wildman–Crippen MR) is 118 cm³/mol. The van der Waals surface area contributed by atoms with Crippen LogP contribution in [0.15, 0.2) is 34.8 Å². The molecule has 0 heterocycles. The van der Waals surface area contributed by atoms with E-state index >= 15 is 0 Å². The number of likely N-dealkylation sites (N-methyl/N-ethyl adjacent to an activating group) is 1. The fourth-order valence-electron chi connectivity index (χ4n) is 5.83. The predicted octanol–water partition coefficient (Wildman–Crippen LogP) is -0.366. The molecule has 10 heteroatoms. The monoisotopic (exact) mass is 468 g/mol. The summed E-state index contributed by atoms with van der Waals surface area (Å²) in [6.45, 7) is 1.62. The quantitative estimate of drug-likeness (QED) is 0.249. The van der Waals surface area contributed by atoms with Crippen LogP contribution < -0.4 is 5.73 Å². The van der Waals surface area contributed by atoms with Crippen LogP contribution >= 0.6 is 0 Å². The standard InChI is InChI=1S/C24H24N2O8/c1-5-9-6-7-10(27)13-11(9)8(2)12-14(18(13)28)21(31)24(34)16(19(12)29)17(26(3)4)20(30)15(22(24)32)23(25)33/h1,6-8,12,16-17,19,27,29-31,34H,2-4H3,(H2,25,33)/t8-,12+,16+,17+,19+,24-/m0/s1. The summed E-state index contributed by atoms with van der Waals surface area (Å²) in [4.78, 5) is 40.1. The summed E-state index contributed by atoms with van der Waals surface area (Å²) in [6, 6.07) is 1.34. The van der Waals surface area contributed by atoms with Crippen molar-refractivity contribution in [3.8, 4) is 18.1 Å². The molecule has 3 aliphatic carbocycles. The summed E-state index contributed by atoms with van der Waals surface area (Å²) in [7, 11) is 2.94. The maximum absolute atomic E-state index is 13.5. The van der Waals surface area contributed by atoms with Crippen molar-refractivity contribution in [1.29, 1.82) is 0 Å². The molecule has 10 nitrogen and oxygen atoms in total. The first-order valence-corrected chi connectivity index (χ1v) is 10.5. The summed E-state index contributed by atoms with van der Waals surface area (Å²) >= 11 is 0.